The Hall–Kier alpha value is -2.20. The van der Waals surface area contributed by atoms with E-state index in [9.17, 15) is 0 Å². The summed E-state index contributed by atoms with van der Waals surface area (Å²) in [6, 6.07) is 13.4. The van der Waals surface area contributed by atoms with E-state index in [1.807, 2.05) is 12.1 Å². The Labute approximate surface area is 143 Å². The van der Waals surface area contributed by atoms with Crippen LogP contribution in [-0.2, 0) is 13.0 Å². The van der Waals surface area contributed by atoms with Crippen LogP contribution in [0.2, 0.25) is 0 Å². The standard InChI is InChI=1S/C20H25NO3/c1-22-18-11-14(12-19(23-2)20(18)24-3)13-21-17-10-6-8-15-7-4-5-9-16(15)17/h4-5,7,9,11-12,17,21H,6,8,10,13H2,1-3H3/p+1/t17-/m1/s1. The fraction of sp³-hybridized carbons (Fsp3) is 0.400. The van der Waals surface area contributed by atoms with E-state index < -0.39 is 0 Å². The zero-order chi connectivity index (χ0) is 16.9. The summed E-state index contributed by atoms with van der Waals surface area (Å²) in [5.74, 6) is 2.07. The highest BCUT2D eigenvalue weighted by molar-refractivity contribution is 5.53. The van der Waals surface area contributed by atoms with Gasteiger partial charge in [0.05, 0.1) is 21.3 Å². The monoisotopic (exact) mass is 328 g/mol. The quantitative estimate of drug-likeness (QED) is 0.887. The van der Waals surface area contributed by atoms with Crippen LogP contribution in [0, 0.1) is 0 Å². The molecule has 0 saturated heterocycles. The molecule has 0 aliphatic heterocycles. The number of rotatable bonds is 6. The molecular weight excluding hydrogens is 302 g/mol. The van der Waals surface area contributed by atoms with Gasteiger partial charge in [-0.05, 0) is 30.5 Å². The van der Waals surface area contributed by atoms with Crippen LogP contribution >= 0.6 is 0 Å². The lowest BCUT2D eigenvalue weighted by molar-refractivity contribution is -0.712. The molecule has 2 N–H and O–H groups in total. The first-order chi connectivity index (χ1) is 11.8. The maximum Gasteiger partial charge on any atom is 0.203 e. The molecule has 1 atom stereocenters. The lowest BCUT2D eigenvalue weighted by Gasteiger charge is -2.24. The molecule has 0 bridgehead atoms. The molecule has 4 nitrogen and oxygen atoms in total. The lowest BCUT2D eigenvalue weighted by Crippen LogP contribution is -2.84. The van der Waals surface area contributed by atoms with E-state index in [4.69, 9.17) is 14.2 Å². The number of quaternary nitrogens is 1. The molecule has 24 heavy (non-hydrogen) atoms. The average molecular weight is 328 g/mol. The first-order valence-corrected chi connectivity index (χ1v) is 8.46. The van der Waals surface area contributed by atoms with E-state index in [1.165, 1.54) is 36.0 Å². The minimum Gasteiger partial charge on any atom is -0.493 e. The molecule has 0 amide bonds. The largest absolute Gasteiger partial charge is 0.493 e. The van der Waals surface area contributed by atoms with Crippen molar-refractivity contribution < 1.29 is 19.5 Å². The van der Waals surface area contributed by atoms with Crippen molar-refractivity contribution in [1.29, 1.82) is 0 Å². The second-order valence-corrected chi connectivity index (χ2v) is 6.17. The summed E-state index contributed by atoms with van der Waals surface area (Å²) in [5, 5.41) is 2.42. The van der Waals surface area contributed by atoms with Gasteiger partial charge in [0.15, 0.2) is 11.5 Å². The van der Waals surface area contributed by atoms with Gasteiger partial charge < -0.3 is 19.5 Å². The van der Waals surface area contributed by atoms with E-state index in [-0.39, 0.29) is 0 Å². The molecule has 0 heterocycles. The lowest BCUT2D eigenvalue weighted by atomic mass is 9.87. The number of hydrogen-bond acceptors (Lipinski definition) is 3. The highest BCUT2D eigenvalue weighted by Crippen LogP contribution is 2.38. The number of benzene rings is 2. The van der Waals surface area contributed by atoms with Gasteiger partial charge in [-0.15, -0.1) is 0 Å². The zero-order valence-electron chi connectivity index (χ0n) is 14.7. The molecule has 0 saturated carbocycles. The summed E-state index contributed by atoms with van der Waals surface area (Å²) >= 11 is 0. The van der Waals surface area contributed by atoms with Crippen molar-refractivity contribution >= 4 is 0 Å². The molecule has 3 rings (SSSR count). The van der Waals surface area contributed by atoms with Crippen LogP contribution in [0.15, 0.2) is 36.4 Å². The third kappa shape index (κ3) is 3.34. The molecule has 0 radical (unpaired) electrons. The number of hydrogen-bond donors (Lipinski definition) is 1. The summed E-state index contributed by atoms with van der Waals surface area (Å²) in [6.45, 7) is 0.885. The van der Waals surface area contributed by atoms with Crippen LogP contribution in [0.4, 0.5) is 0 Å². The Bertz CT molecular complexity index is 674. The first kappa shape index (κ1) is 16.7. The number of fused-ring (bicyclic) bond motifs is 1. The summed E-state index contributed by atoms with van der Waals surface area (Å²) in [7, 11) is 4.94. The number of ether oxygens (including phenoxy) is 3. The molecule has 1 aliphatic rings. The number of aryl methyl sites for hydroxylation is 1. The predicted octanol–water partition coefficient (Wildman–Crippen LogP) is 2.85. The predicted molar refractivity (Wildman–Crippen MR) is 93.8 cm³/mol. The van der Waals surface area contributed by atoms with Gasteiger partial charge in [-0.2, -0.15) is 0 Å². The smallest absolute Gasteiger partial charge is 0.203 e. The van der Waals surface area contributed by atoms with E-state index in [0.29, 0.717) is 23.3 Å². The molecule has 0 fully saturated rings. The van der Waals surface area contributed by atoms with E-state index in [0.717, 1.165) is 6.54 Å². The fourth-order valence-corrected chi connectivity index (χ4v) is 3.57. The minimum atomic E-state index is 0.522. The van der Waals surface area contributed by atoms with Crippen LogP contribution in [0.1, 0.15) is 35.6 Å². The van der Waals surface area contributed by atoms with Crippen LogP contribution in [-0.4, -0.2) is 21.3 Å². The van der Waals surface area contributed by atoms with Crippen molar-refractivity contribution in [1.82, 2.24) is 0 Å². The van der Waals surface area contributed by atoms with Crippen LogP contribution in [0.5, 0.6) is 17.2 Å². The van der Waals surface area contributed by atoms with Crippen molar-refractivity contribution in [3.63, 3.8) is 0 Å². The molecule has 0 spiro atoms. The molecule has 2 aromatic rings. The number of methoxy groups -OCH3 is 3. The van der Waals surface area contributed by atoms with Crippen molar-refractivity contribution in [2.24, 2.45) is 0 Å². The third-order valence-electron chi connectivity index (χ3n) is 4.78. The van der Waals surface area contributed by atoms with Gasteiger partial charge in [0, 0.05) is 17.5 Å². The normalized spacial score (nSPS) is 16.4. The molecule has 0 aromatic heterocycles. The highest BCUT2D eigenvalue weighted by Gasteiger charge is 2.23. The van der Waals surface area contributed by atoms with Gasteiger partial charge in [0.2, 0.25) is 5.75 Å². The molecule has 2 aromatic carbocycles. The van der Waals surface area contributed by atoms with Gasteiger partial charge >= 0.3 is 0 Å². The van der Waals surface area contributed by atoms with Crippen molar-refractivity contribution in [2.45, 2.75) is 31.8 Å². The molecule has 128 valence electrons. The summed E-state index contributed by atoms with van der Waals surface area (Å²) in [6.07, 6.45) is 3.68. The van der Waals surface area contributed by atoms with Gasteiger partial charge in [0.1, 0.15) is 12.6 Å². The second-order valence-electron chi connectivity index (χ2n) is 6.17. The summed E-state index contributed by atoms with van der Waals surface area (Å²) in [4.78, 5) is 0. The van der Waals surface area contributed by atoms with Gasteiger partial charge in [-0.1, -0.05) is 24.3 Å². The first-order valence-electron chi connectivity index (χ1n) is 8.46. The van der Waals surface area contributed by atoms with Crippen LogP contribution in [0.3, 0.4) is 0 Å². The Morgan fingerprint density at radius 1 is 1.00 bits per heavy atom. The van der Waals surface area contributed by atoms with Crippen molar-refractivity contribution in [2.75, 3.05) is 21.3 Å². The van der Waals surface area contributed by atoms with Gasteiger partial charge in [-0.25, -0.2) is 0 Å². The van der Waals surface area contributed by atoms with E-state index >= 15 is 0 Å². The summed E-state index contributed by atoms with van der Waals surface area (Å²) < 4.78 is 16.3. The Morgan fingerprint density at radius 3 is 2.38 bits per heavy atom. The Kier molecular flexibility index (Phi) is 5.26. The maximum absolute atomic E-state index is 5.45. The average Bonchev–Trinajstić information content (AvgIpc) is 2.65. The highest BCUT2D eigenvalue weighted by atomic mass is 16.5. The SMILES string of the molecule is COc1cc(C[NH2+][C@@H]2CCCc3ccccc32)cc(OC)c1OC. The molecule has 4 heteroatoms. The second kappa shape index (κ2) is 7.58. The van der Waals surface area contributed by atoms with Crippen molar-refractivity contribution in [3.8, 4) is 17.2 Å². The summed E-state index contributed by atoms with van der Waals surface area (Å²) in [5.41, 5.74) is 4.15. The number of nitrogens with two attached hydrogens (primary N) is 1. The molecule has 1 aliphatic carbocycles. The Morgan fingerprint density at radius 2 is 1.71 bits per heavy atom. The van der Waals surface area contributed by atoms with E-state index in [2.05, 4.69) is 29.6 Å². The van der Waals surface area contributed by atoms with Crippen LogP contribution in [0.25, 0.3) is 0 Å². The topological polar surface area (TPSA) is 44.3 Å². The minimum absolute atomic E-state index is 0.522. The fourth-order valence-electron chi connectivity index (χ4n) is 3.57. The van der Waals surface area contributed by atoms with Crippen LogP contribution < -0.4 is 19.5 Å². The van der Waals surface area contributed by atoms with Gasteiger partial charge in [0.25, 0.3) is 0 Å². The third-order valence-corrected chi connectivity index (χ3v) is 4.78. The Balaban J connectivity index is 1.78. The zero-order valence-corrected chi connectivity index (χ0v) is 14.7. The van der Waals surface area contributed by atoms with Gasteiger partial charge in [-0.3, -0.25) is 0 Å². The molecular formula is C20H26NO3+. The molecule has 0 unspecified atom stereocenters. The van der Waals surface area contributed by atoms with E-state index in [1.54, 1.807) is 21.3 Å². The maximum atomic E-state index is 5.45. The van der Waals surface area contributed by atoms with Crippen molar-refractivity contribution in [3.05, 3.63) is 53.1 Å².